The molecule has 0 spiro atoms. The van der Waals surface area contributed by atoms with Crippen molar-refractivity contribution in [2.75, 3.05) is 6.54 Å². The number of carbonyl (C=O) groups is 1. The van der Waals surface area contributed by atoms with Gasteiger partial charge >= 0.3 is 0 Å². The van der Waals surface area contributed by atoms with Crippen molar-refractivity contribution in [2.24, 2.45) is 0 Å². The van der Waals surface area contributed by atoms with E-state index < -0.39 is 0 Å². The van der Waals surface area contributed by atoms with E-state index in [1.807, 2.05) is 0 Å². The molecule has 17 heavy (non-hydrogen) atoms. The first kappa shape index (κ1) is 16.1. The number of carbonyl (C=O) groups excluding carboxylic acids is 1. The molecule has 0 unspecified atom stereocenters. The van der Waals surface area contributed by atoms with Gasteiger partial charge in [-0.3, -0.25) is 4.79 Å². The first-order chi connectivity index (χ1) is 8.31. The van der Waals surface area contributed by atoms with Crippen molar-refractivity contribution in [2.45, 2.75) is 64.2 Å². The van der Waals surface area contributed by atoms with Gasteiger partial charge in [-0.05, 0) is 25.3 Å². The van der Waals surface area contributed by atoms with E-state index in [9.17, 15) is 4.79 Å². The molecule has 0 aliphatic rings. The predicted molar refractivity (Wildman–Crippen MR) is 74.7 cm³/mol. The van der Waals surface area contributed by atoms with Gasteiger partial charge in [-0.25, -0.2) is 0 Å². The van der Waals surface area contributed by atoms with Crippen LogP contribution in [0.3, 0.4) is 0 Å². The summed E-state index contributed by atoms with van der Waals surface area (Å²) < 4.78 is 0. The summed E-state index contributed by atoms with van der Waals surface area (Å²) in [7, 11) is 0. The lowest BCUT2D eigenvalue weighted by molar-refractivity contribution is -0.116. The van der Waals surface area contributed by atoms with E-state index in [2.05, 4.69) is 18.8 Å². The second-order valence-corrected chi connectivity index (χ2v) is 4.53. The number of unbranched alkanes of at least 4 members (excludes halogenated alkanes) is 9. The molecule has 0 aromatic carbocycles. The molecule has 2 heteroatoms. The van der Waals surface area contributed by atoms with Crippen LogP contribution < -0.4 is 5.32 Å². The van der Waals surface area contributed by atoms with Gasteiger partial charge in [-0.15, -0.1) is 0 Å². The molecular weight excluding hydrogens is 210 g/mol. The molecule has 0 rings (SSSR count). The minimum absolute atomic E-state index is 0.0598. The fourth-order valence-electron chi connectivity index (χ4n) is 1.82. The summed E-state index contributed by atoms with van der Waals surface area (Å²) in [6.07, 6.45) is 14.0. The smallest absolute Gasteiger partial charge is 0.243 e. The molecule has 1 amide bonds. The Morgan fingerprint density at radius 3 is 1.88 bits per heavy atom. The van der Waals surface area contributed by atoms with Crippen LogP contribution in [0.25, 0.3) is 0 Å². The van der Waals surface area contributed by atoms with Crippen LogP contribution in [0.2, 0.25) is 0 Å². The number of rotatable bonds is 12. The van der Waals surface area contributed by atoms with Gasteiger partial charge in [0.05, 0.1) is 13.3 Å². The second-order valence-electron chi connectivity index (χ2n) is 4.53. The Morgan fingerprint density at radius 1 is 0.941 bits per heavy atom. The molecular formula is C15H28NO+. The van der Waals surface area contributed by atoms with Crippen LogP contribution in [-0.2, 0) is 4.79 Å². The van der Waals surface area contributed by atoms with Crippen molar-refractivity contribution in [3.05, 3.63) is 19.6 Å². The summed E-state index contributed by atoms with van der Waals surface area (Å²) in [6.45, 7) is 8.04. The van der Waals surface area contributed by atoms with Crippen LogP contribution in [0.15, 0.2) is 12.7 Å². The normalized spacial score (nSPS) is 10.1. The molecule has 0 radical (unpaired) electrons. The van der Waals surface area contributed by atoms with Crippen molar-refractivity contribution in [3.63, 3.8) is 0 Å². The van der Waals surface area contributed by atoms with Crippen LogP contribution >= 0.6 is 0 Å². The van der Waals surface area contributed by atoms with Crippen LogP contribution in [0.5, 0.6) is 0 Å². The van der Waals surface area contributed by atoms with Gasteiger partial charge < -0.3 is 5.32 Å². The van der Waals surface area contributed by atoms with Gasteiger partial charge in [0, 0.05) is 6.54 Å². The largest absolute Gasteiger partial charge is 0.353 e. The Labute approximate surface area is 107 Å². The standard InChI is InChI=1S/C15H27NO/c1-3-5-6-7-8-9-10-11-12-13-14-16-15(17)4-2/h4H,1-3,5-14H2/p+1. The molecule has 2 nitrogen and oxygen atoms in total. The predicted octanol–water partition coefficient (Wildman–Crippen LogP) is 4.02. The zero-order valence-electron chi connectivity index (χ0n) is 11.2. The lowest BCUT2D eigenvalue weighted by Crippen LogP contribution is -2.21. The molecule has 0 aromatic rings. The highest BCUT2D eigenvalue weighted by atomic mass is 16.1. The van der Waals surface area contributed by atoms with E-state index in [1.165, 1.54) is 57.4 Å². The molecule has 0 fully saturated rings. The van der Waals surface area contributed by atoms with Crippen LogP contribution in [-0.4, -0.2) is 12.5 Å². The molecule has 1 N–H and O–H groups in total. The SMILES string of the molecule is C=CC(=O)NCCCCCCCCCCC[CH2+]. The van der Waals surface area contributed by atoms with E-state index in [0.717, 1.165) is 19.4 Å². The zero-order valence-corrected chi connectivity index (χ0v) is 11.2. The number of hydrogen-bond acceptors (Lipinski definition) is 1. The van der Waals surface area contributed by atoms with Crippen molar-refractivity contribution in [1.29, 1.82) is 0 Å². The molecule has 0 aliphatic carbocycles. The molecule has 0 saturated heterocycles. The minimum Gasteiger partial charge on any atom is -0.353 e. The third-order valence-corrected chi connectivity index (χ3v) is 2.91. The van der Waals surface area contributed by atoms with E-state index >= 15 is 0 Å². The van der Waals surface area contributed by atoms with Gasteiger partial charge in [0.25, 0.3) is 0 Å². The van der Waals surface area contributed by atoms with Crippen LogP contribution in [0, 0.1) is 6.92 Å². The van der Waals surface area contributed by atoms with Crippen molar-refractivity contribution in [3.8, 4) is 0 Å². The van der Waals surface area contributed by atoms with E-state index in [1.54, 1.807) is 0 Å². The molecule has 0 aliphatic heterocycles. The van der Waals surface area contributed by atoms with Crippen molar-refractivity contribution in [1.82, 2.24) is 5.32 Å². The molecule has 0 bridgehead atoms. The Bertz CT molecular complexity index is 189. The van der Waals surface area contributed by atoms with E-state index in [-0.39, 0.29) is 5.91 Å². The summed E-state index contributed by atoms with van der Waals surface area (Å²) in [5, 5.41) is 2.79. The Morgan fingerprint density at radius 2 is 1.41 bits per heavy atom. The first-order valence-corrected chi connectivity index (χ1v) is 7.00. The maximum atomic E-state index is 10.8. The van der Waals surface area contributed by atoms with Crippen LogP contribution in [0.1, 0.15) is 64.2 Å². The topological polar surface area (TPSA) is 29.1 Å². The summed E-state index contributed by atoms with van der Waals surface area (Å²) in [6, 6.07) is 0. The highest BCUT2D eigenvalue weighted by Crippen LogP contribution is 2.10. The number of amides is 1. The maximum Gasteiger partial charge on any atom is 0.243 e. The Hall–Kier alpha value is -0.920. The van der Waals surface area contributed by atoms with Gasteiger partial charge in [0.15, 0.2) is 0 Å². The van der Waals surface area contributed by atoms with E-state index in [0.29, 0.717) is 0 Å². The van der Waals surface area contributed by atoms with Crippen LogP contribution in [0.4, 0.5) is 0 Å². The Kier molecular flexibility index (Phi) is 12.4. The highest BCUT2D eigenvalue weighted by Gasteiger charge is 1.94. The lowest BCUT2D eigenvalue weighted by atomic mass is 10.1. The van der Waals surface area contributed by atoms with Gasteiger partial charge in [-0.2, -0.15) is 0 Å². The molecule has 0 aromatic heterocycles. The average molecular weight is 238 g/mol. The van der Waals surface area contributed by atoms with Crippen molar-refractivity contribution < 1.29 is 4.79 Å². The quantitative estimate of drug-likeness (QED) is 0.310. The highest BCUT2D eigenvalue weighted by molar-refractivity contribution is 5.86. The van der Waals surface area contributed by atoms with Crippen molar-refractivity contribution >= 4 is 5.91 Å². The number of hydrogen-bond donors (Lipinski definition) is 1. The van der Waals surface area contributed by atoms with E-state index in [4.69, 9.17) is 0 Å². The lowest BCUT2D eigenvalue weighted by Gasteiger charge is -2.03. The summed E-state index contributed by atoms with van der Waals surface area (Å²) >= 11 is 0. The molecule has 0 saturated carbocycles. The first-order valence-electron chi connectivity index (χ1n) is 7.00. The van der Waals surface area contributed by atoms with Gasteiger partial charge in [0.2, 0.25) is 5.91 Å². The zero-order chi connectivity index (χ0) is 12.8. The summed E-state index contributed by atoms with van der Waals surface area (Å²) in [5.74, 6) is -0.0598. The second kappa shape index (κ2) is 13.1. The molecule has 0 heterocycles. The number of nitrogens with one attached hydrogen (secondary N) is 1. The summed E-state index contributed by atoms with van der Waals surface area (Å²) in [4.78, 5) is 10.8. The third kappa shape index (κ3) is 13.0. The Balaban J connectivity index is 2.98. The van der Waals surface area contributed by atoms with Gasteiger partial charge in [0.1, 0.15) is 0 Å². The average Bonchev–Trinajstić information content (AvgIpc) is 2.35. The van der Waals surface area contributed by atoms with Gasteiger partial charge in [-0.1, -0.05) is 45.1 Å². The third-order valence-electron chi connectivity index (χ3n) is 2.91. The molecule has 0 atom stereocenters. The maximum absolute atomic E-state index is 10.8. The fraction of sp³-hybridized carbons (Fsp3) is 0.733. The monoisotopic (exact) mass is 238 g/mol. The minimum atomic E-state index is -0.0598. The summed E-state index contributed by atoms with van der Waals surface area (Å²) in [5.41, 5.74) is 0. The fourth-order valence-corrected chi connectivity index (χ4v) is 1.82. The molecule has 98 valence electrons.